The van der Waals surface area contributed by atoms with E-state index in [1.807, 2.05) is 7.05 Å². The normalized spacial score (nSPS) is 20.5. The number of hydrogen-bond donors (Lipinski definition) is 0. The SMILES string of the molecule is CN1CCN(C(=O)C2=C(Cl)c3ccccc3S(=O)(=O)N2C)CC1.Cl. The molecule has 0 saturated carbocycles. The van der Waals surface area contributed by atoms with Crippen LogP contribution in [0.4, 0.5) is 0 Å². The fraction of sp³-hybridized carbons (Fsp3) is 0.400. The van der Waals surface area contributed by atoms with Crippen LogP contribution in [0.3, 0.4) is 0 Å². The zero-order valence-electron chi connectivity index (χ0n) is 13.4. The minimum atomic E-state index is -3.76. The molecule has 2 heterocycles. The molecule has 6 nitrogen and oxygen atoms in total. The van der Waals surface area contributed by atoms with E-state index in [2.05, 4.69) is 4.90 Å². The maximum atomic E-state index is 12.8. The Hall–Kier alpha value is -1.28. The minimum absolute atomic E-state index is 0. The molecule has 0 aromatic heterocycles. The van der Waals surface area contributed by atoms with Crippen molar-refractivity contribution in [2.45, 2.75) is 4.90 Å². The molecule has 2 aliphatic heterocycles. The van der Waals surface area contributed by atoms with E-state index in [0.717, 1.165) is 17.4 Å². The van der Waals surface area contributed by atoms with Crippen molar-refractivity contribution in [1.82, 2.24) is 14.1 Å². The summed E-state index contributed by atoms with van der Waals surface area (Å²) in [5.74, 6) is -0.344. The van der Waals surface area contributed by atoms with E-state index in [-0.39, 0.29) is 33.9 Å². The summed E-state index contributed by atoms with van der Waals surface area (Å²) in [6.07, 6.45) is 0. The van der Waals surface area contributed by atoms with Gasteiger partial charge in [-0.3, -0.25) is 9.10 Å². The van der Waals surface area contributed by atoms with E-state index >= 15 is 0 Å². The molecule has 0 aliphatic carbocycles. The summed E-state index contributed by atoms with van der Waals surface area (Å²) in [6, 6.07) is 6.47. The lowest BCUT2D eigenvalue weighted by atomic mass is 10.1. The van der Waals surface area contributed by atoms with E-state index in [1.54, 1.807) is 23.1 Å². The van der Waals surface area contributed by atoms with Gasteiger partial charge in [0.05, 0.1) is 9.93 Å². The monoisotopic (exact) mass is 391 g/mol. The molecule has 2 aliphatic rings. The molecule has 1 amide bonds. The Labute approximate surface area is 153 Å². The molecule has 0 N–H and O–H groups in total. The average Bonchev–Trinajstić information content (AvgIpc) is 2.54. The molecule has 24 heavy (non-hydrogen) atoms. The van der Waals surface area contributed by atoms with E-state index < -0.39 is 10.0 Å². The third kappa shape index (κ3) is 3.01. The number of amides is 1. The molecule has 0 spiro atoms. The third-order valence-electron chi connectivity index (χ3n) is 4.28. The first-order valence-corrected chi connectivity index (χ1v) is 9.12. The Kier molecular flexibility index (Phi) is 5.49. The number of fused-ring (bicyclic) bond motifs is 1. The van der Waals surface area contributed by atoms with Gasteiger partial charge < -0.3 is 9.80 Å². The van der Waals surface area contributed by atoms with Crippen LogP contribution in [0.2, 0.25) is 0 Å². The maximum Gasteiger partial charge on any atom is 0.272 e. The largest absolute Gasteiger partial charge is 0.335 e. The number of nitrogens with zero attached hydrogens (tertiary/aromatic N) is 3. The van der Waals surface area contributed by atoms with E-state index in [1.165, 1.54) is 13.1 Å². The topological polar surface area (TPSA) is 60.9 Å². The predicted molar refractivity (Wildman–Crippen MR) is 95.5 cm³/mol. The molecule has 132 valence electrons. The summed E-state index contributed by atoms with van der Waals surface area (Å²) < 4.78 is 26.3. The van der Waals surface area contributed by atoms with Crippen molar-refractivity contribution in [2.24, 2.45) is 0 Å². The number of likely N-dealkylation sites (N-methyl/N-ethyl adjacent to an activating group) is 2. The molecule has 1 saturated heterocycles. The van der Waals surface area contributed by atoms with Gasteiger partial charge in [-0.05, 0) is 13.1 Å². The van der Waals surface area contributed by atoms with Gasteiger partial charge in [0.15, 0.2) is 0 Å². The summed E-state index contributed by atoms with van der Waals surface area (Å²) in [4.78, 5) is 16.7. The highest BCUT2D eigenvalue weighted by Gasteiger charge is 2.38. The highest BCUT2D eigenvalue weighted by molar-refractivity contribution is 7.89. The van der Waals surface area contributed by atoms with Gasteiger partial charge in [0.25, 0.3) is 15.9 Å². The summed E-state index contributed by atoms with van der Waals surface area (Å²) in [6.45, 7) is 2.62. The van der Waals surface area contributed by atoms with Crippen molar-refractivity contribution in [2.75, 3.05) is 40.3 Å². The van der Waals surface area contributed by atoms with Gasteiger partial charge in [-0.15, -0.1) is 12.4 Å². The van der Waals surface area contributed by atoms with Crippen LogP contribution >= 0.6 is 24.0 Å². The van der Waals surface area contributed by atoms with Crippen molar-refractivity contribution in [3.63, 3.8) is 0 Å². The molecule has 0 bridgehead atoms. The number of carbonyl (C=O) groups is 1. The third-order valence-corrected chi connectivity index (χ3v) is 6.48. The van der Waals surface area contributed by atoms with E-state index in [0.29, 0.717) is 18.7 Å². The second-order valence-corrected chi connectivity index (χ2v) is 8.04. The standard InChI is InChI=1S/C15H18ClN3O3S.ClH/c1-17-7-9-19(10-8-17)15(20)14-13(16)11-5-3-4-6-12(11)23(21,22)18(14)2;/h3-6H,7-10H2,1-2H3;1H. The molecule has 0 radical (unpaired) electrons. The zero-order chi connectivity index (χ0) is 16.8. The molecule has 9 heteroatoms. The summed E-state index contributed by atoms with van der Waals surface area (Å²) >= 11 is 6.39. The van der Waals surface area contributed by atoms with Gasteiger partial charge in [-0.2, -0.15) is 0 Å². The number of sulfonamides is 1. The van der Waals surface area contributed by atoms with Crippen LogP contribution in [-0.4, -0.2) is 68.7 Å². The molecule has 3 rings (SSSR count). The number of hydrogen-bond acceptors (Lipinski definition) is 4. The van der Waals surface area contributed by atoms with Crippen LogP contribution in [0.1, 0.15) is 5.56 Å². The Bertz CT molecular complexity index is 787. The smallest absolute Gasteiger partial charge is 0.272 e. The van der Waals surface area contributed by atoms with Crippen molar-refractivity contribution >= 4 is 45.0 Å². The average molecular weight is 392 g/mol. The lowest BCUT2D eigenvalue weighted by Gasteiger charge is -2.36. The molecule has 0 unspecified atom stereocenters. The first-order chi connectivity index (χ1) is 10.8. The number of carbonyl (C=O) groups excluding carboxylic acids is 1. The first kappa shape index (κ1) is 19.1. The van der Waals surface area contributed by atoms with Crippen molar-refractivity contribution in [3.05, 3.63) is 35.5 Å². The van der Waals surface area contributed by atoms with Gasteiger partial charge in [0, 0.05) is 38.8 Å². The Morgan fingerprint density at radius 2 is 1.67 bits per heavy atom. The summed E-state index contributed by atoms with van der Waals surface area (Å²) in [7, 11) is -0.405. The van der Waals surface area contributed by atoms with E-state index in [4.69, 9.17) is 11.6 Å². The predicted octanol–water partition coefficient (Wildman–Crippen LogP) is 1.42. The Balaban J connectivity index is 0.00000208. The molecule has 1 aromatic carbocycles. The van der Waals surface area contributed by atoms with Crippen LogP contribution in [0.5, 0.6) is 0 Å². The Morgan fingerprint density at radius 3 is 2.29 bits per heavy atom. The second kappa shape index (κ2) is 6.92. The van der Waals surface area contributed by atoms with Crippen molar-refractivity contribution in [3.8, 4) is 0 Å². The van der Waals surface area contributed by atoms with Crippen molar-refractivity contribution in [1.29, 1.82) is 0 Å². The molecular weight excluding hydrogens is 373 g/mol. The molecule has 1 fully saturated rings. The fourth-order valence-electron chi connectivity index (χ4n) is 2.79. The van der Waals surface area contributed by atoms with Gasteiger partial charge in [-0.1, -0.05) is 29.8 Å². The molecule has 1 aromatic rings. The van der Waals surface area contributed by atoms with Gasteiger partial charge in [-0.25, -0.2) is 8.42 Å². The number of rotatable bonds is 1. The van der Waals surface area contributed by atoms with Gasteiger partial charge in [0.1, 0.15) is 5.70 Å². The summed E-state index contributed by atoms with van der Waals surface area (Å²) in [5, 5.41) is 0.182. The van der Waals surface area contributed by atoms with Crippen LogP contribution in [0, 0.1) is 0 Å². The highest BCUT2D eigenvalue weighted by atomic mass is 35.5. The van der Waals surface area contributed by atoms with Crippen LogP contribution < -0.4 is 0 Å². The lowest BCUT2D eigenvalue weighted by molar-refractivity contribution is -0.129. The quantitative estimate of drug-likeness (QED) is 0.726. The number of halogens is 2. The van der Waals surface area contributed by atoms with E-state index in [9.17, 15) is 13.2 Å². The van der Waals surface area contributed by atoms with Crippen molar-refractivity contribution < 1.29 is 13.2 Å². The van der Waals surface area contributed by atoms with Crippen LogP contribution in [0.25, 0.3) is 5.03 Å². The first-order valence-electron chi connectivity index (χ1n) is 7.30. The minimum Gasteiger partial charge on any atom is -0.335 e. The number of benzene rings is 1. The molecule has 0 atom stereocenters. The fourth-order valence-corrected chi connectivity index (χ4v) is 4.68. The Morgan fingerprint density at radius 1 is 1.08 bits per heavy atom. The highest BCUT2D eigenvalue weighted by Crippen LogP contribution is 2.38. The number of piperazine rings is 1. The summed E-state index contributed by atoms with van der Waals surface area (Å²) in [5.41, 5.74) is 0.402. The van der Waals surface area contributed by atoms with Gasteiger partial charge >= 0.3 is 0 Å². The maximum absolute atomic E-state index is 12.8. The van der Waals surface area contributed by atoms with Crippen LogP contribution in [0.15, 0.2) is 34.9 Å². The molecular formula is C15H19Cl2N3O3S. The van der Waals surface area contributed by atoms with Crippen LogP contribution in [-0.2, 0) is 14.8 Å². The zero-order valence-corrected chi connectivity index (χ0v) is 15.8. The lowest BCUT2D eigenvalue weighted by Crippen LogP contribution is -2.50. The second-order valence-electron chi connectivity index (χ2n) is 5.73. The van der Waals surface area contributed by atoms with Gasteiger partial charge in [0.2, 0.25) is 0 Å².